The van der Waals surface area contributed by atoms with Gasteiger partial charge in [-0.15, -0.1) is 11.3 Å². The maximum atomic E-state index is 2.35. The second kappa shape index (κ2) is 6.20. The molecule has 1 heterocycles. The predicted octanol–water partition coefficient (Wildman–Crippen LogP) is 4.51. The highest BCUT2D eigenvalue weighted by atomic mass is 32.1. The van der Waals surface area contributed by atoms with Gasteiger partial charge in [0.1, 0.15) is 0 Å². The second-order valence-electron chi connectivity index (χ2n) is 3.84. The molecule has 1 unspecified atom stereocenters. The first-order valence-electron chi connectivity index (χ1n) is 5.35. The van der Waals surface area contributed by atoms with Crippen LogP contribution in [0.1, 0.15) is 44.4 Å². The molecule has 1 aromatic rings. The van der Waals surface area contributed by atoms with Gasteiger partial charge in [0.15, 0.2) is 0 Å². The number of hydrogen-bond acceptors (Lipinski definition) is 1. The van der Waals surface area contributed by atoms with Crippen molar-refractivity contribution in [1.29, 1.82) is 0 Å². The zero-order valence-electron chi connectivity index (χ0n) is 8.75. The lowest BCUT2D eigenvalue weighted by molar-refractivity contribution is 0.485. The van der Waals surface area contributed by atoms with Gasteiger partial charge in [-0.3, -0.25) is 0 Å². The minimum absolute atomic E-state index is 0.920. The first-order chi connectivity index (χ1) is 6.33. The predicted molar refractivity (Wildman–Crippen MR) is 61.3 cm³/mol. The zero-order valence-corrected chi connectivity index (χ0v) is 9.57. The highest BCUT2D eigenvalue weighted by molar-refractivity contribution is 7.09. The van der Waals surface area contributed by atoms with Crippen LogP contribution in [0.15, 0.2) is 17.5 Å². The summed E-state index contributed by atoms with van der Waals surface area (Å²) in [5.74, 6) is 0.920. The fraction of sp³-hybridized carbons (Fsp3) is 0.667. The Morgan fingerprint density at radius 2 is 2.23 bits per heavy atom. The van der Waals surface area contributed by atoms with Crippen molar-refractivity contribution in [3.05, 3.63) is 22.4 Å². The average molecular weight is 196 g/mol. The highest BCUT2D eigenvalue weighted by Gasteiger charge is 1.98. The van der Waals surface area contributed by atoms with Gasteiger partial charge in [0, 0.05) is 4.88 Å². The highest BCUT2D eigenvalue weighted by Crippen LogP contribution is 2.15. The molecule has 0 N–H and O–H groups in total. The first-order valence-corrected chi connectivity index (χ1v) is 6.23. The quantitative estimate of drug-likeness (QED) is 0.587. The molecular weight excluding hydrogens is 176 g/mol. The molecule has 0 amide bonds. The summed E-state index contributed by atoms with van der Waals surface area (Å²) in [5, 5.41) is 2.17. The standard InChI is InChI=1S/C12H20S/c1-3-11(2)7-4-5-8-12-9-6-10-13-12/h6,9-11H,3-5,7-8H2,1-2H3. The van der Waals surface area contributed by atoms with Crippen molar-refractivity contribution in [2.75, 3.05) is 0 Å². The van der Waals surface area contributed by atoms with Gasteiger partial charge in [0.2, 0.25) is 0 Å². The normalized spacial score (nSPS) is 13.1. The minimum Gasteiger partial charge on any atom is -0.149 e. The lowest BCUT2D eigenvalue weighted by Crippen LogP contribution is -1.92. The third-order valence-corrected chi connectivity index (χ3v) is 3.58. The van der Waals surface area contributed by atoms with E-state index in [-0.39, 0.29) is 0 Å². The summed E-state index contributed by atoms with van der Waals surface area (Å²) in [7, 11) is 0. The van der Waals surface area contributed by atoms with Crippen LogP contribution in [0.2, 0.25) is 0 Å². The molecular formula is C12H20S. The lowest BCUT2D eigenvalue weighted by Gasteiger charge is -2.06. The van der Waals surface area contributed by atoms with Crippen molar-refractivity contribution in [3.63, 3.8) is 0 Å². The molecule has 0 saturated heterocycles. The largest absolute Gasteiger partial charge is 0.149 e. The van der Waals surface area contributed by atoms with E-state index in [1.165, 1.54) is 32.1 Å². The summed E-state index contributed by atoms with van der Waals surface area (Å²) in [4.78, 5) is 1.55. The molecule has 0 bridgehead atoms. The van der Waals surface area contributed by atoms with Crippen LogP contribution in [0.3, 0.4) is 0 Å². The van der Waals surface area contributed by atoms with Gasteiger partial charge in [-0.1, -0.05) is 39.2 Å². The van der Waals surface area contributed by atoms with E-state index < -0.39 is 0 Å². The van der Waals surface area contributed by atoms with Crippen molar-refractivity contribution in [2.24, 2.45) is 5.92 Å². The molecule has 1 aromatic heterocycles. The van der Waals surface area contributed by atoms with Gasteiger partial charge in [-0.2, -0.15) is 0 Å². The van der Waals surface area contributed by atoms with E-state index in [1.807, 2.05) is 11.3 Å². The number of aryl methyl sites for hydroxylation is 1. The van der Waals surface area contributed by atoms with Crippen LogP contribution in [-0.4, -0.2) is 0 Å². The van der Waals surface area contributed by atoms with Gasteiger partial charge >= 0.3 is 0 Å². The van der Waals surface area contributed by atoms with Gasteiger partial charge in [-0.05, 0) is 30.2 Å². The van der Waals surface area contributed by atoms with E-state index >= 15 is 0 Å². The van der Waals surface area contributed by atoms with Crippen LogP contribution in [-0.2, 0) is 6.42 Å². The minimum atomic E-state index is 0.920. The molecule has 74 valence electrons. The lowest BCUT2D eigenvalue weighted by atomic mass is 10.0. The SMILES string of the molecule is CCC(C)CCCCc1cccs1. The molecule has 0 fully saturated rings. The van der Waals surface area contributed by atoms with E-state index in [2.05, 4.69) is 31.4 Å². The van der Waals surface area contributed by atoms with E-state index in [0.717, 1.165) is 5.92 Å². The molecule has 0 saturated carbocycles. The third kappa shape index (κ3) is 4.47. The van der Waals surface area contributed by atoms with Crippen LogP contribution < -0.4 is 0 Å². The Balaban J connectivity index is 2.02. The second-order valence-corrected chi connectivity index (χ2v) is 4.87. The van der Waals surface area contributed by atoms with E-state index in [9.17, 15) is 0 Å². The first kappa shape index (κ1) is 10.8. The van der Waals surface area contributed by atoms with Crippen molar-refractivity contribution in [3.8, 4) is 0 Å². The number of thiophene rings is 1. The summed E-state index contributed by atoms with van der Waals surface area (Å²) in [6, 6.07) is 4.39. The van der Waals surface area contributed by atoms with Gasteiger partial charge in [0.05, 0.1) is 0 Å². The number of rotatable bonds is 6. The fourth-order valence-electron chi connectivity index (χ4n) is 1.45. The number of hydrogen-bond donors (Lipinski definition) is 0. The van der Waals surface area contributed by atoms with Crippen molar-refractivity contribution in [2.45, 2.75) is 46.0 Å². The molecule has 0 aromatic carbocycles. The Labute approximate surface area is 86.0 Å². The molecule has 1 heteroatoms. The monoisotopic (exact) mass is 196 g/mol. The van der Waals surface area contributed by atoms with Crippen molar-refractivity contribution < 1.29 is 0 Å². The molecule has 0 nitrogen and oxygen atoms in total. The van der Waals surface area contributed by atoms with Crippen LogP contribution >= 0.6 is 11.3 Å². The van der Waals surface area contributed by atoms with Crippen LogP contribution in [0, 0.1) is 5.92 Å². The maximum absolute atomic E-state index is 2.35. The Morgan fingerprint density at radius 3 is 2.85 bits per heavy atom. The molecule has 13 heavy (non-hydrogen) atoms. The van der Waals surface area contributed by atoms with Gasteiger partial charge < -0.3 is 0 Å². The summed E-state index contributed by atoms with van der Waals surface area (Å²) in [6.45, 7) is 4.63. The zero-order chi connectivity index (χ0) is 9.52. The van der Waals surface area contributed by atoms with Crippen LogP contribution in [0.4, 0.5) is 0 Å². The smallest absolute Gasteiger partial charge is 0.00452 e. The van der Waals surface area contributed by atoms with Crippen LogP contribution in [0.5, 0.6) is 0 Å². The topological polar surface area (TPSA) is 0 Å². The molecule has 0 spiro atoms. The molecule has 1 atom stereocenters. The summed E-state index contributed by atoms with van der Waals surface area (Å²) in [6.07, 6.45) is 6.78. The molecule has 0 aliphatic rings. The maximum Gasteiger partial charge on any atom is 0.00452 e. The third-order valence-electron chi connectivity index (χ3n) is 2.65. The Kier molecular flexibility index (Phi) is 5.14. The van der Waals surface area contributed by atoms with E-state index in [0.29, 0.717) is 0 Å². The summed E-state index contributed by atoms with van der Waals surface area (Å²) < 4.78 is 0. The molecule has 0 aliphatic carbocycles. The Bertz CT molecular complexity index is 201. The van der Waals surface area contributed by atoms with Crippen molar-refractivity contribution >= 4 is 11.3 Å². The van der Waals surface area contributed by atoms with E-state index in [1.54, 1.807) is 4.88 Å². The Morgan fingerprint density at radius 1 is 1.38 bits per heavy atom. The molecule has 0 radical (unpaired) electrons. The van der Waals surface area contributed by atoms with Gasteiger partial charge in [0.25, 0.3) is 0 Å². The summed E-state index contributed by atoms with van der Waals surface area (Å²) >= 11 is 1.89. The Hall–Kier alpha value is -0.300. The van der Waals surface area contributed by atoms with Crippen LogP contribution in [0.25, 0.3) is 0 Å². The van der Waals surface area contributed by atoms with E-state index in [4.69, 9.17) is 0 Å². The summed E-state index contributed by atoms with van der Waals surface area (Å²) in [5.41, 5.74) is 0. The molecule has 0 aliphatic heterocycles. The van der Waals surface area contributed by atoms with Gasteiger partial charge in [-0.25, -0.2) is 0 Å². The van der Waals surface area contributed by atoms with Crippen molar-refractivity contribution in [1.82, 2.24) is 0 Å². The molecule has 1 rings (SSSR count). The number of unbranched alkanes of at least 4 members (excludes halogenated alkanes) is 1. The fourth-order valence-corrected chi connectivity index (χ4v) is 2.20. The average Bonchev–Trinajstić information content (AvgIpc) is 2.64.